The maximum atomic E-state index is 11.4. The molecule has 33 heavy (non-hydrogen) atoms. The van der Waals surface area contributed by atoms with Gasteiger partial charge in [-0.2, -0.15) is 0 Å². The minimum absolute atomic E-state index is 0.00760. The second-order valence-electron chi connectivity index (χ2n) is 9.36. The number of carbonyl (C=O) groups is 1. The van der Waals surface area contributed by atoms with Crippen LogP contribution in [0.4, 0.5) is 0 Å². The minimum Gasteiger partial charge on any atom is -0.496 e. The molecule has 170 valence electrons. The van der Waals surface area contributed by atoms with Gasteiger partial charge in [0.25, 0.3) is 0 Å². The summed E-state index contributed by atoms with van der Waals surface area (Å²) in [6.07, 6.45) is 4.34. The summed E-state index contributed by atoms with van der Waals surface area (Å²) in [4.78, 5) is 11.4. The number of carboxylic acids is 1. The molecule has 0 saturated heterocycles. The largest absolute Gasteiger partial charge is 0.496 e. The SMILES string of the molecule is COc1cc(-c2ccc(C3CCc4ccc(C(CC(=O)O)C5CC5)cc4O3)cc2)ccc1C. The van der Waals surface area contributed by atoms with E-state index in [9.17, 15) is 9.90 Å². The van der Waals surface area contributed by atoms with Crippen molar-refractivity contribution in [1.82, 2.24) is 0 Å². The smallest absolute Gasteiger partial charge is 0.303 e. The van der Waals surface area contributed by atoms with Crippen LogP contribution in [0.2, 0.25) is 0 Å². The highest BCUT2D eigenvalue weighted by Gasteiger charge is 2.34. The van der Waals surface area contributed by atoms with Crippen molar-refractivity contribution in [2.24, 2.45) is 5.92 Å². The molecule has 0 aromatic heterocycles. The molecule has 1 aliphatic carbocycles. The molecule has 1 aliphatic heterocycles. The molecule has 0 amide bonds. The Labute approximate surface area is 195 Å². The number of methoxy groups -OCH3 is 1. The third-order valence-electron chi connectivity index (χ3n) is 7.07. The van der Waals surface area contributed by atoms with Gasteiger partial charge < -0.3 is 14.6 Å². The molecule has 0 bridgehead atoms. The second kappa shape index (κ2) is 8.93. The van der Waals surface area contributed by atoms with Gasteiger partial charge >= 0.3 is 5.97 Å². The highest BCUT2D eigenvalue weighted by atomic mass is 16.5. The van der Waals surface area contributed by atoms with Gasteiger partial charge in [0.2, 0.25) is 0 Å². The number of rotatable bonds is 7. The molecular formula is C29H30O4. The van der Waals surface area contributed by atoms with Crippen LogP contribution in [0.3, 0.4) is 0 Å². The summed E-state index contributed by atoms with van der Waals surface area (Å²) in [5.41, 5.74) is 6.88. The Bertz CT molecular complexity index is 1160. The van der Waals surface area contributed by atoms with E-state index in [1.54, 1.807) is 7.11 Å². The molecule has 1 fully saturated rings. The Balaban J connectivity index is 1.35. The van der Waals surface area contributed by atoms with Crippen molar-refractivity contribution in [2.45, 2.75) is 51.0 Å². The molecule has 1 heterocycles. The van der Waals surface area contributed by atoms with Crippen molar-refractivity contribution in [2.75, 3.05) is 7.11 Å². The van der Waals surface area contributed by atoms with Gasteiger partial charge in [-0.05, 0) is 90.0 Å². The maximum absolute atomic E-state index is 11.4. The van der Waals surface area contributed by atoms with Gasteiger partial charge in [0.1, 0.15) is 17.6 Å². The van der Waals surface area contributed by atoms with Gasteiger partial charge in [-0.15, -0.1) is 0 Å². The molecular weight excluding hydrogens is 412 g/mol. The third kappa shape index (κ3) is 4.61. The number of hydrogen-bond donors (Lipinski definition) is 1. The van der Waals surface area contributed by atoms with E-state index in [2.05, 4.69) is 60.7 Å². The summed E-state index contributed by atoms with van der Waals surface area (Å²) in [6.45, 7) is 2.05. The Morgan fingerprint density at radius 3 is 2.48 bits per heavy atom. The lowest BCUT2D eigenvalue weighted by atomic mass is 9.88. The summed E-state index contributed by atoms with van der Waals surface area (Å²) in [7, 11) is 1.70. The number of benzene rings is 3. The van der Waals surface area contributed by atoms with Crippen LogP contribution in [-0.4, -0.2) is 18.2 Å². The van der Waals surface area contributed by atoms with Crippen LogP contribution in [-0.2, 0) is 11.2 Å². The first kappa shape index (κ1) is 21.6. The number of aryl methyl sites for hydroxylation is 2. The number of ether oxygens (including phenoxy) is 2. The van der Waals surface area contributed by atoms with Crippen LogP contribution < -0.4 is 9.47 Å². The average Bonchev–Trinajstić information content (AvgIpc) is 3.67. The molecule has 1 saturated carbocycles. The van der Waals surface area contributed by atoms with E-state index in [4.69, 9.17) is 9.47 Å². The number of fused-ring (bicyclic) bond motifs is 1. The van der Waals surface area contributed by atoms with Crippen molar-refractivity contribution in [3.8, 4) is 22.6 Å². The van der Waals surface area contributed by atoms with Gasteiger partial charge in [-0.3, -0.25) is 4.79 Å². The predicted octanol–water partition coefficient (Wildman–Crippen LogP) is 6.71. The van der Waals surface area contributed by atoms with Gasteiger partial charge in [0.15, 0.2) is 0 Å². The van der Waals surface area contributed by atoms with Gasteiger partial charge in [-0.25, -0.2) is 0 Å². The molecule has 2 atom stereocenters. The molecule has 4 heteroatoms. The summed E-state index contributed by atoms with van der Waals surface area (Å²) >= 11 is 0. The van der Waals surface area contributed by atoms with Crippen LogP contribution >= 0.6 is 0 Å². The average molecular weight is 443 g/mol. The maximum Gasteiger partial charge on any atom is 0.303 e. The molecule has 4 nitrogen and oxygen atoms in total. The standard InChI is InChI=1S/C29H30O4/c1-18-3-4-23(15-27(18)32-2)19-5-9-21(10-6-19)26-14-13-22-11-12-24(16-28(22)33-26)25(17-29(30)31)20-7-8-20/h3-6,9-12,15-16,20,25-26H,7-8,13-14,17H2,1-2H3,(H,30,31). The van der Waals surface area contributed by atoms with Crippen molar-refractivity contribution < 1.29 is 19.4 Å². The predicted molar refractivity (Wildman–Crippen MR) is 129 cm³/mol. The summed E-state index contributed by atoms with van der Waals surface area (Å²) in [6, 6.07) is 21.2. The topological polar surface area (TPSA) is 55.8 Å². The van der Waals surface area contributed by atoms with E-state index in [1.807, 2.05) is 6.92 Å². The molecule has 1 N–H and O–H groups in total. The zero-order valence-electron chi connectivity index (χ0n) is 19.2. The Morgan fingerprint density at radius 1 is 1.03 bits per heavy atom. The van der Waals surface area contributed by atoms with Crippen molar-refractivity contribution >= 4 is 5.97 Å². The molecule has 3 aromatic rings. The molecule has 2 unspecified atom stereocenters. The molecule has 5 rings (SSSR count). The minimum atomic E-state index is -0.727. The van der Waals surface area contributed by atoms with Crippen LogP contribution in [0, 0.1) is 12.8 Å². The van der Waals surface area contributed by atoms with Crippen molar-refractivity contribution in [1.29, 1.82) is 0 Å². The lowest BCUT2D eigenvalue weighted by Crippen LogP contribution is -2.16. The van der Waals surface area contributed by atoms with E-state index < -0.39 is 5.97 Å². The Morgan fingerprint density at radius 2 is 1.79 bits per heavy atom. The van der Waals surface area contributed by atoms with E-state index in [-0.39, 0.29) is 18.4 Å². The first-order chi connectivity index (χ1) is 16.0. The molecule has 3 aromatic carbocycles. The highest BCUT2D eigenvalue weighted by Crippen LogP contribution is 2.46. The number of aliphatic carboxylic acids is 1. The van der Waals surface area contributed by atoms with Crippen LogP contribution in [0.25, 0.3) is 11.1 Å². The first-order valence-electron chi connectivity index (χ1n) is 11.8. The van der Waals surface area contributed by atoms with Gasteiger partial charge in [0, 0.05) is 0 Å². The fourth-order valence-electron chi connectivity index (χ4n) is 4.98. The summed E-state index contributed by atoms with van der Waals surface area (Å²) in [5, 5.41) is 9.36. The number of hydrogen-bond acceptors (Lipinski definition) is 3. The van der Waals surface area contributed by atoms with Crippen LogP contribution in [0.1, 0.15) is 60.0 Å². The normalized spacial score (nSPS) is 18.2. The fourth-order valence-corrected chi connectivity index (χ4v) is 4.98. The summed E-state index contributed by atoms with van der Waals surface area (Å²) in [5.74, 6) is 1.66. The van der Waals surface area contributed by atoms with Gasteiger partial charge in [-0.1, -0.05) is 48.5 Å². The Kier molecular flexibility index (Phi) is 5.84. The monoisotopic (exact) mass is 442 g/mol. The third-order valence-corrected chi connectivity index (χ3v) is 7.07. The quantitative estimate of drug-likeness (QED) is 0.442. The van der Waals surface area contributed by atoms with Crippen molar-refractivity contribution in [3.63, 3.8) is 0 Å². The highest BCUT2D eigenvalue weighted by molar-refractivity contribution is 5.68. The lowest BCUT2D eigenvalue weighted by molar-refractivity contribution is -0.137. The fraction of sp³-hybridized carbons (Fsp3) is 0.345. The van der Waals surface area contributed by atoms with E-state index in [0.717, 1.165) is 65.0 Å². The zero-order valence-corrected chi connectivity index (χ0v) is 19.2. The van der Waals surface area contributed by atoms with Crippen molar-refractivity contribution in [3.05, 3.63) is 82.9 Å². The summed E-state index contributed by atoms with van der Waals surface area (Å²) < 4.78 is 11.9. The van der Waals surface area contributed by atoms with Crippen LogP contribution in [0.15, 0.2) is 60.7 Å². The van der Waals surface area contributed by atoms with Crippen LogP contribution in [0.5, 0.6) is 11.5 Å². The van der Waals surface area contributed by atoms with E-state index >= 15 is 0 Å². The first-order valence-corrected chi connectivity index (χ1v) is 11.8. The Hall–Kier alpha value is -3.27. The molecule has 0 radical (unpaired) electrons. The number of carboxylic acid groups (broad SMARTS) is 1. The zero-order chi connectivity index (χ0) is 22.9. The molecule has 2 aliphatic rings. The second-order valence-corrected chi connectivity index (χ2v) is 9.36. The lowest BCUT2D eigenvalue weighted by Gasteiger charge is -2.28. The van der Waals surface area contributed by atoms with Gasteiger partial charge in [0.05, 0.1) is 13.5 Å². The molecule has 0 spiro atoms. The van der Waals surface area contributed by atoms with E-state index in [1.165, 1.54) is 5.56 Å². The van der Waals surface area contributed by atoms with E-state index in [0.29, 0.717) is 5.92 Å².